The van der Waals surface area contributed by atoms with Gasteiger partial charge in [0.2, 0.25) is 23.6 Å². The quantitative estimate of drug-likeness (QED) is 0.0313. The van der Waals surface area contributed by atoms with Gasteiger partial charge in [0.05, 0.1) is 0 Å². The van der Waals surface area contributed by atoms with Crippen molar-refractivity contribution in [2.24, 2.45) is 11.7 Å². The molecule has 0 bridgehead atoms. The van der Waals surface area contributed by atoms with Gasteiger partial charge in [-0.3, -0.25) is 57.7 Å². The molecule has 3 fully saturated rings. The third-order valence-electron chi connectivity index (χ3n) is 19.1. The standard InChI is InChI=1S/C72H88N14O15/c1-45(2)64(77-58(88)17-6-7-18-61(91)101-86-59(89)27-28-60(86)90)66(93)76-55(16-10-29-74-71(73)98)65(92)75-48-21-19-47(20-22-48)44-100-72(99)83(41-43-85-68(95)52-15-9-13-50-57(82-38-34-79(5)35-39-82)26-24-54(63(50)52)70(85)97)31-11-30-80(46(3)87)40-42-84-67(94)51-14-8-12-49-56(81-36-32-78(4)33-37-81)25-23-53(62(49)51)69(84)96/h8-9,12-15,19-26,45,55,64H,6-7,10-11,16-18,27-44H2,1-5H3,(H,75,92)(H,76,93)(H,77,88)(H3,73,74,98)/t55-,64-/m0/s1. The van der Waals surface area contributed by atoms with Crippen molar-refractivity contribution in [3.63, 3.8) is 0 Å². The lowest BCUT2D eigenvalue weighted by atomic mass is 9.92. The Morgan fingerprint density at radius 3 is 1.58 bits per heavy atom. The molecule has 101 heavy (non-hydrogen) atoms. The lowest BCUT2D eigenvalue weighted by molar-refractivity contribution is -0.197. The number of carbonyl (C=O) groups excluding carboxylic acids is 13. The number of nitrogens with zero attached hydrogens (tertiary/aromatic N) is 9. The maximum absolute atomic E-state index is 14.5. The number of urea groups is 1. The molecular weight excluding hydrogens is 1300 g/mol. The Labute approximate surface area is 584 Å². The number of rotatable bonds is 30. The molecule has 5 aromatic carbocycles. The summed E-state index contributed by atoms with van der Waals surface area (Å²) in [4.78, 5) is 193. The number of nitrogens with one attached hydrogen (secondary N) is 4. The van der Waals surface area contributed by atoms with Gasteiger partial charge in [0.15, 0.2) is 0 Å². The monoisotopic (exact) mass is 1390 g/mol. The summed E-state index contributed by atoms with van der Waals surface area (Å²) in [7, 11) is 4.14. The van der Waals surface area contributed by atoms with Crippen LogP contribution in [0.5, 0.6) is 0 Å². The fourth-order valence-corrected chi connectivity index (χ4v) is 13.3. The van der Waals surface area contributed by atoms with Gasteiger partial charge in [-0.05, 0) is 106 Å². The second-order valence-corrected chi connectivity index (χ2v) is 26.4. The minimum atomic E-state index is -1.18. The Balaban J connectivity index is 0.783. The number of hydroxylamine groups is 2. The molecular formula is C72H88N14O15. The molecule has 0 spiro atoms. The van der Waals surface area contributed by atoms with Crippen molar-refractivity contribution in [2.75, 3.05) is 127 Å². The van der Waals surface area contributed by atoms with Crippen LogP contribution in [0, 0.1) is 5.92 Å². The van der Waals surface area contributed by atoms with Crippen LogP contribution in [0.25, 0.3) is 21.5 Å². The van der Waals surface area contributed by atoms with Gasteiger partial charge < -0.3 is 66.0 Å². The second-order valence-electron chi connectivity index (χ2n) is 26.4. The van der Waals surface area contributed by atoms with Crippen molar-refractivity contribution in [3.8, 4) is 0 Å². The Kier molecular flexibility index (Phi) is 24.0. The van der Waals surface area contributed by atoms with Gasteiger partial charge in [0.25, 0.3) is 35.4 Å². The van der Waals surface area contributed by atoms with E-state index in [0.29, 0.717) is 49.3 Å². The topological polar surface area (TPSA) is 344 Å². The van der Waals surface area contributed by atoms with Crippen LogP contribution >= 0.6 is 0 Å². The van der Waals surface area contributed by atoms with Gasteiger partial charge >= 0.3 is 18.1 Å². The molecule has 536 valence electrons. The van der Waals surface area contributed by atoms with Crippen LogP contribution in [0.15, 0.2) is 84.9 Å². The van der Waals surface area contributed by atoms with Crippen molar-refractivity contribution < 1.29 is 71.9 Å². The number of piperazine rings is 2. The highest BCUT2D eigenvalue weighted by molar-refractivity contribution is 6.28. The van der Waals surface area contributed by atoms with E-state index in [4.69, 9.17) is 15.3 Å². The van der Waals surface area contributed by atoms with Crippen molar-refractivity contribution >= 4 is 116 Å². The fraction of sp³-hybridized carbons (Fsp3) is 0.458. The van der Waals surface area contributed by atoms with Crippen LogP contribution < -0.4 is 36.8 Å². The summed E-state index contributed by atoms with van der Waals surface area (Å²) in [6, 6.07) is 21.5. The maximum Gasteiger partial charge on any atom is 0.410 e. The number of hydrogen-bond donors (Lipinski definition) is 5. The van der Waals surface area contributed by atoms with Crippen LogP contribution in [0.3, 0.4) is 0 Å². The van der Waals surface area contributed by atoms with Gasteiger partial charge in [-0.25, -0.2) is 14.4 Å². The van der Waals surface area contributed by atoms with E-state index in [2.05, 4.69) is 55.0 Å². The molecule has 10 rings (SSSR count). The van der Waals surface area contributed by atoms with E-state index in [9.17, 15) is 62.3 Å². The molecule has 2 atom stereocenters. The molecule has 0 radical (unpaired) electrons. The van der Waals surface area contributed by atoms with Crippen LogP contribution in [-0.2, 0) is 49.7 Å². The summed E-state index contributed by atoms with van der Waals surface area (Å²) >= 11 is 0. The zero-order chi connectivity index (χ0) is 72.2. The molecule has 13 amide bonds. The molecule has 6 N–H and O–H groups in total. The van der Waals surface area contributed by atoms with E-state index >= 15 is 0 Å². The first-order chi connectivity index (χ1) is 48.4. The van der Waals surface area contributed by atoms with E-state index in [1.165, 1.54) is 16.7 Å². The second kappa shape index (κ2) is 33.1. The van der Waals surface area contributed by atoms with E-state index in [1.807, 2.05) is 30.3 Å². The third-order valence-corrected chi connectivity index (χ3v) is 19.1. The fourth-order valence-electron chi connectivity index (χ4n) is 13.3. The third kappa shape index (κ3) is 17.5. The summed E-state index contributed by atoms with van der Waals surface area (Å²) in [6.07, 6.45) is -0.350. The first kappa shape index (κ1) is 73.2. The molecule has 3 saturated heterocycles. The lowest BCUT2D eigenvalue weighted by Crippen LogP contribution is -2.54. The van der Waals surface area contributed by atoms with Gasteiger partial charge in [0.1, 0.15) is 18.7 Å². The molecule has 29 nitrogen and oxygen atoms in total. The Bertz CT molecular complexity index is 3980. The number of likely N-dealkylation sites (N-methyl/N-ethyl adjacent to an activating group) is 2. The molecule has 5 aromatic rings. The van der Waals surface area contributed by atoms with Crippen LogP contribution in [-0.4, -0.2) is 236 Å². The molecule has 5 aliphatic rings. The van der Waals surface area contributed by atoms with E-state index in [-0.39, 0.29) is 116 Å². The van der Waals surface area contributed by atoms with Crippen LogP contribution in [0.1, 0.15) is 126 Å². The largest absolute Gasteiger partial charge is 0.445 e. The molecule has 0 unspecified atom stereocenters. The minimum Gasteiger partial charge on any atom is -0.445 e. The summed E-state index contributed by atoms with van der Waals surface area (Å²) in [5.74, 6) is -6.62. The average molecular weight is 1390 g/mol. The highest BCUT2D eigenvalue weighted by Crippen LogP contribution is 2.38. The summed E-state index contributed by atoms with van der Waals surface area (Å²) < 4.78 is 5.91. The molecule has 5 aliphatic heterocycles. The highest BCUT2D eigenvalue weighted by Gasteiger charge is 2.38. The Hall–Kier alpha value is -10.6. The van der Waals surface area contributed by atoms with Gasteiger partial charge in [-0.2, -0.15) is 0 Å². The van der Waals surface area contributed by atoms with Gasteiger partial charge in [0, 0.05) is 192 Å². The summed E-state index contributed by atoms with van der Waals surface area (Å²) in [6.45, 7) is 10.7. The van der Waals surface area contributed by atoms with E-state index < -0.39 is 89.3 Å². The normalized spacial score (nSPS) is 16.2. The number of amides is 13. The molecule has 0 aliphatic carbocycles. The number of nitrogens with two attached hydrogens (primary N) is 1. The van der Waals surface area contributed by atoms with Gasteiger partial charge in [-0.15, -0.1) is 5.06 Å². The smallest absolute Gasteiger partial charge is 0.410 e. The Morgan fingerprint density at radius 1 is 0.564 bits per heavy atom. The van der Waals surface area contributed by atoms with Crippen molar-refractivity contribution in [2.45, 2.75) is 97.2 Å². The number of ether oxygens (including phenoxy) is 1. The van der Waals surface area contributed by atoms with Crippen molar-refractivity contribution in [1.29, 1.82) is 0 Å². The number of hydrogen-bond acceptors (Lipinski definition) is 19. The number of anilines is 3. The summed E-state index contributed by atoms with van der Waals surface area (Å²) in [5.41, 5.74) is 9.43. The number of unbranched alkanes of at least 4 members (excludes halogenated alkanes) is 1. The van der Waals surface area contributed by atoms with E-state index in [1.54, 1.807) is 68.4 Å². The zero-order valence-corrected chi connectivity index (χ0v) is 57.7. The lowest BCUT2D eigenvalue weighted by Gasteiger charge is -2.36. The SMILES string of the molecule is CC(=O)N(CCCN(CCN1C(=O)c2cccc3c(N4CCN(C)CC4)ccc(c23)C1=O)C(=O)OCc1ccc(NC(=O)[C@H](CCCNC(N)=O)NC(=O)[C@@H](NC(=O)CCCCC(=O)ON2C(=O)CCC2=O)C(C)C)cc1)CCN1C(=O)c2cccc3c(N4CCN(C)CC4)ccc(c23)C1=O. The van der Waals surface area contributed by atoms with Crippen LogP contribution in [0.4, 0.5) is 26.7 Å². The number of imide groups is 3. The number of primary amides is 1. The zero-order valence-electron chi connectivity index (χ0n) is 57.7. The minimum absolute atomic E-state index is 0.0113. The first-order valence-electron chi connectivity index (χ1n) is 34.4. The van der Waals surface area contributed by atoms with Crippen molar-refractivity contribution in [1.82, 2.24) is 50.4 Å². The van der Waals surface area contributed by atoms with Crippen molar-refractivity contribution in [3.05, 3.63) is 113 Å². The van der Waals surface area contributed by atoms with E-state index in [0.717, 1.165) is 84.3 Å². The number of carbonyl (C=O) groups is 13. The molecule has 0 aromatic heterocycles. The summed E-state index contributed by atoms with van der Waals surface area (Å²) in [5, 5.41) is 13.9. The highest BCUT2D eigenvalue weighted by atomic mass is 16.7. The first-order valence-corrected chi connectivity index (χ1v) is 34.4. The van der Waals surface area contributed by atoms with Gasteiger partial charge in [-0.1, -0.05) is 50.2 Å². The molecule has 29 heteroatoms. The number of benzene rings is 5. The predicted molar refractivity (Wildman–Crippen MR) is 373 cm³/mol. The average Bonchev–Trinajstić information content (AvgIpc) is 1.07. The Morgan fingerprint density at radius 2 is 1.07 bits per heavy atom. The maximum atomic E-state index is 14.5. The molecule has 0 saturated carbocycles. The van der Waals surface area contributed by atoms with Crippen LogP contribution in [0.2, 0.25) is 0 Å². The molecule has 5 heterocycles. The predicted octanol–water partition coefficient (Wildman–Crippen LogP) is 4.45.